The van der Waals surface area contributed by atoms with E-state index in [4.69, 9.17) is 4.74 Å². The molecule has 3 aromatic heterocycles. The Hall–Kier alpha value is -3.28. The standard InChI is InChI=1S/C22H29FN6O4S/c1-8-14(33-7)11-15(23)27-19-16(13(4)18(34-19)29-24-9-10-25-29)17(30)28(21(27)32)22(5,6)20(31)26-12(2)3/h8-10,12,15H,11H2,1-7H3,(H,26,31)/b14-8+. The van der Waals surface area contributed by atoms with Crippen LogP contribution in [0.3, 0.4) is 0 Å². The van der Waals surface area contributed by atoms with E-state index >= 15 is 4.39 Å². The molecular formula is C22H29FN6O4S. The van der Waals surface area contributed by atoms with Crippen LogP contribution in [-0.2, 0) is 15.1 Å². The number of hydrogen-bond donors (Lipinski definition) is 1. The van der Waals surface area contributed by atoms with Crippen LogP contribution >= 0.6 is 11.3 Å². The van der Waals surface area contributed by atoms with Crippen LogP contribution in [0.5, 0.6) is 0 Å². The number of allylic oxidation sites excluding steroid dienone is 2. The molecule has 0 saturated carbocycles. The molecule has 12 heteroatoms. The molecule has 184 valence electrons. The summed E-state index contributed by atoms with van der Waals surface area (Å²) in [6.07, 6.45) is 2.47. The molecule has 0 aliphatic heterocycles. The van der Waals surface area contributed by atoms with Crippen LogP contribution in [0, 0.1) is 6.92 Å². The molecule has 34 heavy (non-hydrogen) atoms. The second kappa shape index (κ2) is 9.53. The minimum atomic E-state index is -1.85. The summed E-state index contributed by atoms with van der Waals surface area (Å²) < 4.78 is 22.7. The van der Waals surface area contributed by atoms with Gasteiger partial charge in [-0.1, -0.05) is 11.3 Å². The summed E-state index contributed by atoms with van der Waals surface area (Å²) in [5.41, 5.74) is -2.72. The SMILES string of the molecule is C/C=C(\CC(F)n1c(=O)n(C(C)(C)C(=O)NC(C)C)c(=O)c2c(C)c(-n3nccn3)sc21)OC. The molecule has 3 rings (SSSR count). The van der Waals surface area contributed by atoms with Gasteiger partial charge in [0.15, 0.2) is 6.30 Å². The Morgan fingerprint density at radius 3 is 2.44 bits per heavy atom. The minimum absolute atomic E-state index is 0.129. The molecule has 1 atom stereocenters. The highest BCUT2D eigenvalue weighted by Crippen LogP contribution is 2.33. The Kier molecular flexibility index (Phi) is 7.10. The van der Waals surface area contributed by atoms with Crippen LogP contribution in [0.15, 0.2) is 33.8 Å². The fraction of sp³-hybridized carbons (Fsp3) is 0.500. The maximum Gasteiger partial charge on any atom is 0.335 e. The Balaban J connectivity index is 2.40. The molecule has 0 spiro atoms. The van der Waals surface area contributed by atoms with Crippen molar-refractivity contribution in [2.75, 3.05) is 7.11 Å². The van der Waals surface area contributed by atoms with Gasteiger partial charge in [-0.2, -0.15) is 10.2 Å². The largest absolute Gasteiger partial charge is 0.501 e. The molecule has 0 saturated heterocycles. The number of ether oxygens (including phenoxy) is 1. The number of hydrogen-bond acceptors (Lipinski definition) is 7. The zero-order valence-corrected chi connectivity index (χ0v) is 21.1. The first-order valence-electron chi connectivity index (χ1n) is 10.8. The molecule has 1 unspecified atom stereocenters. The Morgan fingerprint density at radius 2 is 1.91 bits per heavy atom. The number of aryl methyl sites for hydroxylation is 1. The van der Waals surface area contributed by atoms with E-state index in [9.17, 15) is 14.4 Å². The number of fused-ring (bicyclic) bond motifs is 1. The monoisotopic (exact) mass is 492 g/mol. The average molecular weight is 493 g/mol. The number of aromatic nitrogens is 5. The van der Waals surface area contributed by atoms with Crippen molar-refractivity contribution in [2.24, 2.45) is 0 Å². The Bertz CT molecular complexity index is 1350. The van der Waals surface area contributed by atoms with Gasteiger partial charge in [0.1, 0.15) is 15.4 Å². The smallest absolute Gasteiger partial charge is 0.335 e. The molecule has 1 amide bonds. The zero-order chi connectivity index (χ0) is 25.4. The molecule has 0 aromatic carbocycles. The van der Waals surface area contributed by atoms with Gasteiger partial charge >= 0.3 is 5.69 Å². The van der Waals surface area contributed by atoms with Crippen molar-refractivity contribution in [2.45, 2.75) is 65.8 Å². The molecule has 0 aliphatic rings. The predicted molar refractivity (Wildman–Crippen MR) is 128 cm³/mol. The lowest BCUT2D eigenvalue weighted by molar-refractivity contribution is -0.129. The van der Waals surface area contributed by atoms with Crippen molar-refractivity contribution >= 4 is 27.5 Å². The lowest BCUT2D eigenvalue weighted by atomic mass is 10.0. The fourth-order valence-electron chi connectivity index (χ4n) is 3.67. The van der Waals surface area contributed by atoms with Crippen LogP contribution in [0.25, 0.3) is 15.2 Å². The fourth-order valence-corrected chi connectivity index (χ4v) is 4.92. The third kappa shape index (κ3) is 4.29. The van der Waals surface area contributed by atoms with Gasteiger partial charge in [-0.25, -0.2) is 13.8 Å². The minimum Gasteiger partial charge on any atom is -0.501 e. The van der Waals surface area contributed by atoms with Crippen LogP contribution in [-0.4, -0.2) is 43.2 Å². The van der Waals surface area contributed by atoms with Gasteiger partial charge in [-0.3, -0.25) is 14.2 Å². The summed E-state index contributed by atoms with van der Waals surface area (Å²) in [4.78, 5) is 41.8. The van der Waals surface area contributed by atoms with Gasteiger partial charge in [-0.15, -0.1) is 4.80 Å². The highest BCUT2D eigenvalue weighted by Gasteiger charge is 2.37. The summed E-state index contributed by atoms with van der Waals surface area (Å²) in [6, 6.07) is -0.221. The van der Waals surface area contributed by atoms with Crippen molar-refractivity contribution < 1.29 is 13.9 Å². The van der Waals surface area contributed by atoms with E-state index in [1.54, 1.807) is 33.8 Å². The quantitative estimate of drug-likeness (QED) is 0.484. The number of rotatable bonds is 8. The number of amides is 1. The van der Waals surface area contributed by atoms with E-state index in [1.165, 1.54) is 38.1 Å². The first-order chi connectivity index (χ1) is 15.9. The van der Waals surface area contributed by atoms with Crippen molar-refractivity contribution in [1.82, 2.24) is 29.4 Å². The van der Waals surface area contributed by atoms with Crippen molar-refractivity contribution in [3.05, 3.63) is 50.6 Å². The molecule has 3 heterocycles. The zero-order valence-electron chi connectivity index (χ0n) is 20.2. The Labute approximate surface area is 199 Å². The number of nitrogens with zero attached hydrogens (tertiary/aromatic N) is 5. The number of carbonyl (C=O) groups excluding carboxylic acids is 1. The van der Waals surface area contributed by atoms with E-state index in [1.807, 2.05) is 0 Å². The molecule has 0 bridgehead atoms. The van der Waals surface area contributed by atoms with E-state index < -0.39 is 29.0 Å². The molecular weight excluding hydrogens is 463 g/mol. The molecule has 0 aliphatic carbocycles. The van der Waals surface area contributed by atoms with Gasteiger partial charge in [-0.05, 0) is 47.6 Å². The lowest BCUT2D eigenvalue weighted by Crippen LogP contribution is -2.56. The highest BCUT2D eigenvalue weighted by atomic mass is 32.1. The third-order valence-electron chi connectivity index (χ3n) is 5.50. The molecule has 0 fully saturated rings. The maximum atomic E-state index is 15.7. The predicted octanol–water partition coefficient (Wildman–Crippen LogP) is 2.78. The van der Waals surface area contributed by atoms with Gasteiger partial charge in [0.2, 0.25) is 5.91 Å². The second-order valence-electron chi connectivity index (χ2n) is 8.61. The summed E-state index contributed by atoms with van der Waals surface area (Å²) >= 11 is 1.03. The molecule has 3 aromatic rings. The number of halogens is 1. The van der Waals surface area contributed by atoms with Gasteiger partial charge in [0, 0.05) is 11.6 Å². The van der Waals surface area contributed by atoms with Crippen molar-refractivity contribution in [1.29, 1.82) is 0 Å². The van der Waals surface area contributed by atoms with E-state index in [2.05, 4.69) is 15.5 Å². The number of thiophene rings is 1. The van der Waals surface area contributed by atoms with Gasteiger partial charge in [0.05, 0.1) is 37.1 Å². The van der Waals surface area contributed by atoms with E-state index in [0.29, 0.717) is 16.3 Å². The lowest BCUT2D eigenvalue weighted by Gasteiger charge is -2.28. The Morgan fingerprint density at radius 1 is 1.29 bits per heavy atom. The summed E-state index contributed by atoms with van der Waals surface area (Å²) in [5.74, 6) is -0.194. The van der Waals surface area contributed by atoms with Gasteiger partial charge in [0.25, 0.3) is 5.56 Å². The van der Waals surface area contributed by atoms with E-state index in [0.717, 1.165) is 20.5 Å². The van der Waals surface area contributed by atoms with Crippen molar-refractivity contribution in [3.8, 4) is 5.00 Å². The number of nitrogens with one attached hydrogen (secondary N) is 1. The first-order valence-corrected chi connectivity index (χ1v) is 11.6. The molecule has 1 N–H and O–H groups in total. The normalized spacial score (nSPS) is 13.5. The van der Waals surface area contributed by atoms with Crippen molar-refractivity contribution in [3.63, 3.8) is 0 Å². The summed E-state index contributed by atoms with van der Waals surface area (Å²) in [5, 5.41) is 11.6. The summed E-state index contributed by atoms with van der Waals surface area (Å²) in [6.45, 7) is 9.83. The third-order valence-corrected chi connectivity index (χ3v) is 6.76. The number of alkyl halides is 1. The van der Waals surface area contributed by atoms with Crippen LogP contribution in [0.4, 0.5) is 4.39 Å². The average Bonchev–Trinajstić information content (AvgIpc) is 3.39. The number of methoxy groups -OCH3 is 1. The summed E-state index contributed by atoms with van der Waals surface area (Å²) in [7, 11) is 1.41. The topological polar surface area (TPSA) is 113 Å². The van der Waals surface area contributed by atoms with Gasteiger partial charge < -0.3 is 10.1 Å². The highest BCUT2D eigenvalue weighted by molar-refractivity contribution is 7.21. The molecule has 0 radical (unpaired) electrons. The van der Waals surface area contributed by atoms with Crippen LogP contribution < -0.4 is 16.6 Å². The molecule has 10 nitrogen and oxygen atoms in total. The second-order valence-corrected chi connectivity index (χ2v) is 9.59. The van der Waals surface area contributed by atoms with Crippen LogP contribution in [0.1, 0.15) is 52.9 Å². The number of carbonyl (C=O) groups is 1. The first kappa shape index (κ1) is 25.3. The maximum absolute atomic E-state index is 15.7. The van der Waals surface area contributed by atoms with E-state index in [-0.39, 0.29) is 22.7 Å². The van der Waals surface area contributed by atoms with Crippen LogP contribution in [0.2, 0.25) is 0 Å².